The van der Waals surface area contributed by atoms with Crippen molar-refractivity contribution in [1.82, 2.24) is 0 Å². The van der Waals surface area contributed by atoms with E-state index in [2.05, 4.69) is 0 Å². The van der Waals surface area contributed by atoms with Crippen molar-refractivity contribution in [2.45, 2.75) is 57.2 Å². The van der Waals surface area contributed by atoms with E-state index < -0.39 is 0 Å². The van der Waals surface area contributed by atoms with Crippen molar-refractivity contribution in [1.29, 1.82) is 0 Å². The van der Waals surface area contributed by atoms with Crippen molar-refractivity contribution in [3.8, 4) is 0 Å². The van der Waals surface area contributed by atoms with E-state index in [1.807, 2.05) is 6.08 Å². The number of fused-ring (bicyclic) bond motifs is 1. The molecule has 0 N–H and O–H groups in total. The normalized spacial score (nSPS) is 32.6. The van der Waals surface area contributed by atoms with Crippen LogP contribution in [0.1, 0.15) is 44.9 Å². The first-order valence-corrected chi connectivity index (χ1v) is 6.86. The summed E-state index contributed by atoms with van der Waals surface area (Å²) in [5.74, 6) is 0.492. The summed E-state index contributed by atoms with van der Waals surface area (Å²) in [4.78, 5) is 11.9. The van der Waals surface area contributed by atoms with Crippen LogP contribution in [0.4, 0.5) is 0 Å². The molecule has 1 aliphatic heterocycles. The lowest BCUT2D eigenvalue weighted by Gasteiger charge is -2.21. The topological polar surface area (TPSA) is 38.8 Å². The average molecular weight is 236 g/mol. The summed E-state index contributed by atoms with van der Waals surface area (Å²) < 4.78 is 10.8. The molecule has 3 aliphatic rings. The van der Waals surface area contributed by atoms with Gasteiger partial charge >= 0.3 is 5.97 Å². The maximum atomic E-state index is 11.9. The molecule has 17 heavy (non-hydrogen) atoms. The predicted octanol–water partition coefficient (Wildman–Crippen LogP) is 2.60. The number of epoxide rings is 1. The van der Waals surface area contributed by atoms with E-state index in [0.29, 0.717) is 18.6 Å². The van der Waals surface area contributed by atoms with Gasteiger partial charge in [-0.3, -0.25) is 0 Å². The standard InChI is InChI=1S/C14H20O3/c15-14(11-6-7-12-13(8-11)17-12)16-9-10-4-2-1-3-5-10/h8,10,12-13H,1-7,9H2. The Morgan fingerprint density at radius 3 is 2.88 bits per heavy atom. The van der Waals surface area contributed by atoms with E-state index in [0.717, 1.165) is 18.4 Å². The average Bonchev–Trinajstić information content (AvgIpc) is 3.15. The van der Waals surface area contributed by atoms with Crippen LogP contribution in [0.3, 0.4) is 0 Å². The van der Waals surface area contributed by atoms with Gasteiger partial charge in [0.1, 0.15) is 6.10 Å². The van der Waals surface area contributed by atoms with Crippen LogP contribution in [0.15, 0.2) is 11.6 Å². The van der Waals surface area contributed by atoms with Crippen molar-refractivity contribution < 1.29 is 14.3 Å². The molecule has 2 fully saturated rings. The fraction of sp³-hybridized carbons (Fsp3) is 0.786. The number of rotatable bonds is 3. The zero-order valence-electron chi connectivity index (χ0n) is 10.2. The first-order valence-electron chi connectivity index (χ1n) is 6.86. The molecule has 2 aliphatic carbocycles. The van der Waals surface area contributed by atoms with E-state index in [1.54, 1.807) is 0 Å². The van der Waals surface area contributed by atoms with Gasteiger partial charge < -0.3 is 9.47 Å². The maximum Gasteiger partial charge on any atom is 0.333 e. The van der Waals surface area contributed by atoms with Gasteiger partial charge in [0.25, 0.3) is 0 Å². The summed E-state index contributed by atoms with van der Waals surface area (Å²) in [6.07, 6.45) is 10.7. The Bertz CT molecular complexity index is 328. The lowest BCUT2D eigenvalue weighted by Crippen LogP contribution is -2.19. The molecule has 0 bridgehead atoms. The molecular weight excluding hydrogens is 216 g/mol. The number of carbonyl (C=O) groups excluding carboxylic acids is 1. The monoisotopic (exact) mass is 236 g/mol. The largest absolute Gasteiger partial charge is 0.462 e. The Kier molecular flexibility index (Phi) is 3.19. The molecule has 94 valence electrons. The minimum Gasteiger partial charge on any atom is -0.462 e. The summed E-state index contributed by atoms with van der Waals surface area (Å²) in [5.41, 5.74) is 0.833. The van der Waals surface area contributed by atoms with Crippen molar-refractivity contribution in [3.63, 3.8) is 0 Å². The minimum absolute atomic E-state index is 0.107. The number of ether oxygens (including phenoxy) is 2. The molecule has 3 nitrogen and oxygen atoms in total. The third-order valence-corrected chi connectivity index (χ3v) is 4.12. The fourth-order valence-corrected chi connectivity index (χ4v) is 2.92. The first-order chi connectivity index (χ1) is 8.33. The van der Waals surface area contributed by atoms with Gasteiger partial charge in [0, 0.05) is 5.57 Å². The molecule has 0 spiro atoms. The van der Waals surface area contributed by atoms with Gasteiger partial charge in [-0.25, -0.2) is 4.79 Å². The van der Waals surface area contributed by atoms with Gasteiger partial charge in [-0.15, -0.1) is 0 Å². The van der Waals surface area contributed by atoms with Crippen LogP contribution < -0.4 is 0 Å². The summed E-state index contributed by atoms with van der Waals surface area (Å²) >= 11 is 0. The first kappa shape index (κ1) is 11.3. The highest BCUT2D eigenvalue weighted by Crippen LogP contribution is 2.35. The number of esters is 1. The Morgan fingerprint density at radius 1 is 1.29 bits per heavy atom. The summed E-state index contributed by atoms with van der Waals surface area (Å²) in [5, 5.41) is 0. The lowest BCUT2D eigenvalue weighted by atomic mass is 9.90. The zero-order valence-corrected chi connectivity index (χ0v) is 10.2. The molecule has 1 saturated carbocycles. The molecule has 3 rings (SSSR count). The zero-order chi connectivity index (χ0) is 11.7. The molecule has 3 heteroatoms. The third-order valence-electron chi connectivity index (χ3n) is 4.12. The predicted molar refractivity (Wildman–Crippen MR) is 63.5 cm³/mol. The van der Waals surface area contributed by atoms with Crippen LogP contribution >= 0.6 is 0 Å². The van der Waals surface area contributed by atoms with Gasteiger partial charge in [-0.2, -0.15) is 0 Å². The molecule has 1 heterocycles. The Labute approximate surface area is 102 Å². The summed E-state index contributed by atoms with van der Waals surface area (Å²) in [7, 11) is 0. The van der Waals surface area contributed by atoms with E-state index in [9.17, 15) is 4.79 Å². The van der Waals surface area contributed by atoms with E-state index in [-0.39, 0.29) is 12.1 Å². The molecule has 1 saturated heterocycles. The molecule has 2 atom stereocenters. The van der Waals surface area contributed by atoms with Crippen molar-refractivity contribution in [2.75, 3.05) is 6.61 Å². The highest BCUT2D eigenvalue weighted by atomic mass is 16.6. The van der Waals surface area contributed by atoms with Crippen molar-refractivity contribution in [2.24, 2.45) is 5.92 Å². The summed E-state index contributed by atoms with van der Waals surface area (Å²) in [6, 6.07) is 0. The van der Waals surface area contributed by atoms with E-state index in [1.165, 1.54) is 32.1 Å². The number of hydrogen-bond acceptors (Lipinski definition) is 3. The van der Waals surface area contributed by atoms with Crippen LogP contribution in [0, 0.1) is 5.92 Å². The van der Waals surface area contributed by atoms with Gasteiger partial charge in [0.05, 0.1) is 12.7 Å². The highest BCUT2D eigenvalue weighted by Gasteiger charge is 2.41. The SMILES string of the molecule is O=C(OCC1CCCCC1)C1=CC2OC2CC1. The van der Waals surface area contributed by atoms with Crippen LogP contribution in [-0.2, 0) is 14.3 Å². The molecule has 2 unspecified atom stereocenters. The quantitative estimate of drug-likeness (QED) is 0.558. The van der Waals surface area contributed by atoms with Crippen LogP contribution in [0.2, 0.25) is 0 Å². The Hall–Kier alpha value is -0.830. The minimum atomic E-state index is -0.107. The van der Waals surface area contributed by atoms with Gasteiger partial charge in [0.2, 0.25) is 0 Å². The highest BCUT2D eigenvalue weighted by molar-refractivity contribution is 5.88. The van der Waals surface area contributed by atoms with Gasteiger partial charge in [-0.05, 0) is 37.7 Å². The molecule has 0 radical (unpaired) electrons. The van der Waals surface area contributed by atoms with Crippen LogP contribution in [0.25, 0.3) is 0 Å². The number of carbonyl (C=O) groups is 1. The summed E-state index contributed by atoms with van der Waals surface area (Å²) in [6.45, 7) is 0.616. The second-order valence-electron chi connectivity index (χ2n) is 5.47. The number of hydrogen-bond donors (Lipinski definition) is 0. The Balaban J connectivity index is 1.46. The van der Waals surface area contributed by atoms with Crippen LogP contribution in [-0.4, -0.2) is 24.8 Å². The molecule has 0 aromatic carbocycles. The van der Waals surface area contributed by atoms with E-state index in [4.69, 9.17) is 9.47 Å². The van der Waals surface area contributed by atoms with E-state index >= 15 is 0 Å². The van der Waals surface area contributed by atoms with Gasteiger partial charge in [-0.1, -0.05) is 19.3 Å². The third kappa shape index (κ3) is 2.71. The lowest BCUT2D eigenvalue weighted by molar-refractivity contribution is -0.140. The van der Waals surface area contributed by atoms with Crippen molar-refractivity contribution in [3.05, 3.63) is 11.6 Å². The smallest absolute Gasteiger partial charge is 0.333 e. The second kappa shape index (κ2) is 4.81. The second-order valence-corrected chi connectivity index (χ2v) is 5.47. The van der Waals surface area contributed by atoms with Crippen LogP contribution in [0.5, 0.6) is 0 Å². The molecule has 0 aromatic rings. The molecule has 0 aromatic heterocycles. The maximum absolute atomic E-state index is 11.9. The molecular formula is C14H20O3. The fourth-order valence-electron chi connectivity index (χ4n) is 2.92. The van der Waals surface area contributed by atoms with Crippen molar-refractivity contribution >= 4 is 5.97 Å². The Morgan fingerprint density at radius 2 is 2.12 bits per heavy atom. The van der Waals surface area contributed by atoms with Gasteiger partial charge in [0.15, 0.2) is 0 Å². The molecule has 0 amide bonds.